The highest BCUT2D eigenvalue weighted by molar-refractivity contribution is 5.93. The normalized spacial score (nSPS) is 14.5. The molecule has 0 atom stereocenters. The summed E-state index contributed by atoms with van der Waals surface area (Å²) in [5, 5.41) is 3.09. The summed E-state index contributed by atoms with van der Waals surface area (Å²) in [5.41, 5.74) is 1.06. The lowest BCUT2D eigenvalue weighted by atomic mass is 10.1. The summed E-state index contributed by atoms with van der Waals surface area (Å²) < 4.78 is 10.5. The van der Waals surface area contributed by atoms with Crippen molar-refractivity contribution in [2.45, 2.75) is 13.3 Å². The Morgan fingerprint density at radius 2 is 2.12 bits per heavy atom. The molecule has 2 aromatic rings. The van der Waals surface area contributed by atoms with Gasteiger partial charge in [0.15, 0.2) is 11.2 Å². The lowest BCUT2D eigenvalue weighted by molar-refractivity contribution is 0.0717. The van der Waals surface area contributed by atoms with Crippen LogP contribution in [0.4, 0.5) is 4.79 Å². The van der Waals surface area contributed by atoms with Gasteiger partial charge in [-0.2, -0.15) is 0 Å². The first-order chi connectivity index (χ1) is 11.5. The summed E-state index contributed by atoms with van der Waals surface area (Å²) in [7, 11) is 0. The Morgan fingerprint density at radius 3 is 2.92 bits per heavy atom. The van der Waals surface area contributed by atoms with E-state index in [0.29, 0.717) is 30.7 Å². The summed E-state index contributed by atoms with van der Waals surface area (Å²) in [6.45, 7) is 3.53. The van der Waals surface area contributed by atoms with E-state index < -0.39 is 5.91 Å². The summed E-state index contributed by atoms with van der Waals surface area (Å²) in [6, 6.07) is 6.40. The number of ether oxygens (including phenoxy) is 1. The van der Waals surface area contributed by atoms with Gasteiger partial charge in [0.25, 0.3) is 5.91 Å². The van der Waals surface area contributed by atoms with Gasteiger partial charge in [-0.3, -0.25) is 9.59 Å². The Kier molecular flexibility index (Phi) is 4.50. The maximum atomic E-state index is 12.2. The van der Waals surface area contributed by atoms with Gasteiger partial charge in [0, 0.05) is 25.7 Å². The fourth-order valence-corrected chi connectivity index (χ4v) is 2.57. The number of aryl methyl sites for hydroxylation is 1. The van der Waals surface area contributed by atoms with Crippen molar-refractivity contribution in [3.05, 3.63) is 45.8 Å². The molecule has 0 spiro atoms. The van der Waals surface area contributed by atoms with Crippen molar-refractivity contribution in [1.29, 1.82) is 0 Å². The molecule has 1 saturated heterocycles. The summed E-state index contributed by atoms with van der Waals surface area (Å²) in [4.78, 5) is 37.3. The number of nitrogens with one attached hydrogen (secondary N) is 1. The van der Waals surface area contributed by atoms with Crippen LogP contribution in [0.1, 0.15) is 22.5 Å². The van der Waals surface area contributed by atoms with Crippen molar-refractivity contribution in [3.63, 3.8) is 0 Å². The number of cyclic esters (lactones) is 1. The zero-order valence-corrected chi connectivity index (χ0v) is 13.3. The fraction of sp³-hybridized carbons (Fsp3) is 0.353. The van der Waals surface area contributed by atoms with Crippen LogP contribution in [-0.2, 0) is 4.74 Å². The zero-order chi connectivity index (χ0) is 17.1. The molecular weight excluding hydrogens is 312 g/mol. The van der Waals surface area contributed by atoms with Gasteiger partial charge >= 0.3 is 6.09 Å². The van der Waals surface area contributed by atoms with Crippen LogP contribution >= 0.6 is 0 Å². The molecule has 3 rings (SSSR count). The minimum Gasteiger partial charge on any atom is -0.451 e. The van der Waals surface area contributed by atoms with E-state index in [1.807, 2.05) is 13.0 Å². The first kappa shape index (κ1) is 16.0. The van der Waals surface area contributed by atoms with Crippen molar-refractivity contribution in [2.24, 2.45) is 0 Å². The molecule has 1 aliphatic rings. The van der Waals surface area contributed by atoms with Crippen LogP contribution in [0.3, 0.4) is 0 Å². The number of benzene rings is 1. The van der Waals surface area contributed by atoms with Crippen LogP contribution in [0.5, 0.6) is 0 Å². The molecule has 0 aliphatic carbocycles. The quantitative estimate of drug-likeness (QED) is 0.921. The molecule has 1 aromatic heterocycles. The minimum atomic E-state index is -0.485. The van der Waals surface area contributed by atoms with Crippen LogP contribution in [-0.4, -0.2) is 43.1 Å². The SMILES string of the molecule is Cc1ccc2c(=O)cc(C(=O)NCCN3CCCOC3=O)oc2c1. The Labute approximate surface area is 138 Å². The molecule has 0 bridgehead atoms. The molecule has 24 heavy (non-hydrogen) atoms. The second-order valence-electron chi connectivity index (χ2n) is 5.69. The van der Waals surface area contributed by atoms with E-state index in [-0.39, 0.29) is 23.8 Å². The molecule has 1 aromatic carbocycles. The molecule has 0 saturated carbocycles. The Bertz CT molecular complexity index is 842. The number of carbonyl (C=O) groups excluding carboxylic acids is 2. The van der Waals surface area contributed by atoms with E-state index in [4.69, 9.17) is 9.15 Å². The van der Waals surface area contributed by atoms with Crippen molar-refractivity contribution in [3.8, 4) is 0 Å². The maximum Gasteiger partial charge on any atom is 0.409 e. The van der Waals surface area contributed by atoms with Crippen molar-refractivity contribution in [2.75, 3.05) is 26.2 Å². The van der Waals surface area contributed by atoms with E-state index >= 15 is 0 Å². The fourth-order valence-electron chi connectivity index (χ4n) is 2.57. The molecule has 2 amide bonds. The van der Waals surface area contributed by atoms with Crippen LogP contribution in [0.15, 0.2) is 33.5 Å². The smallest absolute Gasteiger partial charge is 0.409 e. The van der Waals surface area contributed by atoms with Crippen LogP contribution in [0.25, 0.3) is 11.0 Å². The lowest BCUT2D eigenvalue weighted by Gasteiger charge is -2.26. The monoisotopic (exact) mass is 330 g/mol. The molecule has 1 fully saturated rings. The highest BCUT2D eigenvalue weighted by atomic mass is 16.6. The average molecular weight is 330 g/mol. The van der Waals surface area contributed by atoms with Gasteiger partial charge in [0.1, 0.15) is 5.58 Å². The first-order valence-electron chi connectivity index (χ1n) is 7.79. The minimum absolute atomic E-state index is 0.0423. The number of carbonyl (C=O) groups is 2. The predicted molar refractivity (Wildman–Crippen MR) is 87.1 cm³/mol. The van der Waals surface area contributed by atoms with Crippen molar-refractivity contribution < 1.29 is 18.7 Å². The molecule has 0 unspecified atom stereocenters. The number of hydrogen-bond acceptors (Lipinski definition) is 5. The van der Waals surface area contributed by atoms with E-state index in [9.17, 15) is 14.4 Å². The molecule has 7 heteroatoms. The number of nitrogens with zero attached hydrogens (tertiary/aromatic N) is 1. The molecule has 2 heterocycles. The van der Waals surface area contributed by atoms with Crippen molar-refractivity contribution >= 4 is 23.0 Å². The number of rotatable bonds is 4. The van der Waals surface area contributed by atoms with Gasteiger partial charge in [-0.1, -0.05) is 6.07 Å². The van der Waals surface area contributed by atoms with Crippen molar-refractivity contribution in [1.82, 2.24) is 10.2 Å². The summed E-state index contributed by atoms with van der Waals surface area (Å²) in [6.07, 6.45) is 0.404. The van der Waals surface area contributed by atoms with E-state index in [1.165, 1.54) is 11.0 Å². The van der Waals surface area contributed by atoms with E-state index in [2.05, 4.69) is 5.32 Å². The second kappa shape index (κ2) is 6.74. The standard InChI is InChI=1S/C17H18N2O5/c1-11-3-4-12-13(20)10-15(24-14(12)9-11)16(21)18-5-7-19-6-2-8-23-17(19)22/h3-4,9-10H,2,5-8H2,1H3,(H,18,21). The molecule has 1 N–H and O–H groups in total. The first-order valence-corrected chi connectivity index (χ1v) is 7.79. The van der Waals surface area contributed by atoms with Crippen LogP contribution in [0.2, 0.25) is 0 Å². The predicted octanol–water partition coefficient (Wildman–Crippen LogP) is 1.67. The summed E-state index contributed by atoms with van der Waals surface area (Å²) >= 11 is 0. The number of amides is 2. The van der Waals surface area contributed by atoms with Gasteiger partial charge in [-0.25, -0.2) is 4.79 Å². The van der Waals surface area contributed by atoms with Gasteiger partial charge in [-0.05, 0) is 31.0 Å². The van der Waals surface area contributed by atoms with E-state index in [1.54, 1.807) is 12.1 Å². The molecule has 1 aliphatic heterocycles. The van der Waals surface area contributed by atoms with E-state index in [0.717, 1.165) is 12.0 Å². The average Bonchev–Trinajstić information content (AvgIpc) is 2.56. The lowest BCUT2D eigenvalue weighted by Crippen LogP contribution is -2.42. The van der Waals surface area contributed by atoms with Gasteiger partial charge in [0.05, 0.1) is 12.0 Å². The van der Waals surface area contributed by atoms with Gasteiger partial charge in [0.2, 0.25) is 0 Å². The Hall–Kier alpha value is -2.83. The largest absolute Gasteiger partial charge is 0.451 e. The second-order valence-corrected chi connectivity index (χ2v) is 5.69. The highest BCUT2D eigenvalue weighted by Gasteiger charge is 2.19. The zero-order valence-electron chi connectivity index (χ0n) is 13.3. The van der Waals surface area contributed by atoms with Gasteiger partial charge < -0.3 is 19.4 Å². The number of fused-ring (bicyclic) bond motifs is 1. The van der Waals surface area contributed by atoms with Crippen LogP contribution in [0, 0.1) is 6.92 Å². The maximum absolute atomic E-state index is 12.2. The third-order valence-electron chi connectivity index (χ3n) is 3.83. The molecular formula is C17H18N2O5. The third-order valence-corrected chi connectivity index (χ3v) is 3.83. The number of hydrogen-bond donors (Lipinski definition) is 1. The molecule has 0 radical (unpaired) electrons. The summed E-state index contributed by atoms with van der Waals surface area (Å²) in [5.74, 6) is -0.528. The Morgan fingerprint density at radius 1 is 1.29 bits per heavy atom. The van der Waals surface area contributed by atoms with Crippen LogP contribution < -0.4 is 10.7 Å². The third kappa shape index (κ3) is 3.40. The topological polar surface area (TPSA) is 88.9 Å². The molecule has 126 valence electrons. The molecule has 7 nitrogen and oxygen atoms in total. The Balaban J connectivity index is 1.67. The highest BCUT2D eigenvalue weighted by Crippen LogP contribution is 2.14. The van der Waals surface area contributed by atoms with Gasteiger partial charge in [-0.15, -0.1) is 0 Å².